The lowest BCUT2D eigenvalue weighted by atomic mass is 10.1. The molecule has 70 heavy (non-hydrogen) atoms. The molecule has 8 heteroatoms. The maximum atomic E-state index is 5.41. The number of imidazole rings is 2. The summed E-state index contributed by atoms with van der Waals surface area (Å²) in [7, 11) is 0. The van der Waals surface area contributed by atoms with Gasteiger partial charge in [-0.3, -0.25) is 8.80 Å². The first-order chi connectivity index (χ1) is 34.7. The number of rotatable bonds is 4. The Hall–Kier alpha value is -9.66. The molecule has 0 spiro atoms. The van der Waals surface area contributed by atoms with Gasteiger partial charge in [-0.1, -0.05) is 115 Å². The van der Waals surface area contributed by atoms with Crippen molar-refractivity contribution < 1.29 is 0 Å². The lowest BCUT2D eigenvalue weighted by Gasteiger charge is -2.12. The van der Waals surface area contributed by atoms with E-state index >= 15 is 0 Å². The number of nitrogens with zero attached hydrogens (tertiary/aromatic N) is 8. The summed E-state index contributed by atoms with van der Waals surface area (Å²) in [5.74, 6) is 1.55. The summed E-state index contributed by atoms with van der Waals surface area (Å²) in [6, 6.07) is 83.2. The first-order valence-corrected chi connectivity index (χ1v) is 23.8. The highest BCUT2D eigenvalue weighted by atomic mass is 15.3. The molecule has 326 valence electrons. The van der Waals surface area contributed by atoms with Crippen molar-refractivity contribution in [3.8, 4) is 22.7 Å². The minimum Gasteiger partial charge on any atom is -0.309 e. The fraction of sp³-hybridized carbons (Fsp3) is 0. The lowest BCUT2D eigenvalue weighted by molar-refractivity contribution is 1.03. The Morgan fingerprint density at radius 1 is 0.214 bits per heavy atom. The minimum absolute atomic E-state index is 0.772. The SMILES string of the molecule is c1ccc(-n2c3nc4ccccc4n3c3ccc(-n4c5ccc(-n6c7ccccc7c7ccccc76)cc5c5cc(-n6c7ccccc7c7ccccc76)ccc54)cc3n3c4ccccc4nc23)cc1. The number of hydrogen-bond acceptors (Lipinski definition) is 2. The quantitative estimate of drug-likeness (QED) is 0.177. The van der Waals surface area contributed by atoms with Crippen molar-refractivity contribution in [3.63, 3.8) is 0 Å². The number of fused-ring (bicyclic) bond motifs is 18. The highest BCUT2D eigenvalue weighted by molar-refractivity contribution is 6.14. The van der Waals surface area contributed by atoms with E-state index in [0.717, 1.165) is 78.4 Å². The van der Waals surface area contributed by atoms with Gasteiger partial charge in [0.2, 0.25) is 11.6 Å². The molecule has 16 aromatic rings. The molecule has 8 nitrogen and oxygen atoms in total. The van der Waals surface area contributed by atoms with Gasteiger partial charge in [0.25, 0.3) is 0 Å². The molecule has 6 heterocycles. The van der Waals surface area contributed by atoms with Gasteiger partial charge in [-0.15, -0.1) is 0 Å². The van der Waals surface area contributed by atoms with Crippen LogP contribution in [-0.2, 0) is 0 Å². The van der Waals surface area contributed by atoms with E-state index < -0.39 is 0 Å². The summed E-state index contributed by atoms with van der Waals surface area (Å²) < 4.78 is 14.1. The van der Waals surface area contributed by atoms with E-state index in [2.05, 4.69) is 258 Å². The van der Waals surface area contributed by atoms with Crippen molar-refractivity contribution in [2.24, 2.45) is 0 Å². The Morgan fingerprint density at radius 2 is 0.557 bits per heavy atom. The van der Waals surface area contributed by atoms with Crippen LogP contribution in [-0.4, -0.2) is 37.0 Å². The highest BCUT2D eigenvalue weighted by Gasteiger charge is 2.22. The largest absolute Gasteiger partial charge is 0.309 e. The lowest BCUT2D eigenvalue weighted by Crippen LogP contribution is -2.01. The number of para-hydroxylation sites is 9. The molecule has 0 unspecified atom stereocenters. The Labute approximate surface area is 398 Å². The van der Waals surface area contributed by atoms with Crippen LogP contribution in [0.2, 0.25) is 0 Å². The molecule has 0 atom stereocenters. The van der Waals surface area contributed by atoms with E-state index in [4.69, 9.17) is 9.97 Å². The molecule has 0 aliphatic carbocycles. The third-order valence-electron chi connectivity index (χ3n) is 14.6. The third-order valence-corrected chi connectivity index (χ3v) is 14.6. The maximum absolute atomic E-state index is 5.41. The number of aromatic nitrogens is 8. The van der Waals surface area contributed by atoms with Gasteiger partial charge < -0.3 is 13.7 Å². The fourth-order valence-electron chi connectivity index (χ4n) is 11.7. The number of hydrogen-bond donors (Lipinski definition) is 0. The van der Waals surface area contributed by atoms with Gasteiger partial charge in [0.1, 0.15) is 0 Å². The molecule has 0 fully saturated rings. The van der Waals surface area contributed by atoms with Gasteiger partial charge in [0.05, 0.1) is 71.9 Å². The van der Waals surface area contributed by atoms with Crippen LogP contribution in [0.5, 0.6) is 0 Å². The molecular formula is C62H38N8. The average molecular weight is 895 g/mol. The summed E-state index contributed by atoms with van der Waals surface area (Å²) >= 11 is 0. The molecule has 0 aliphatic rings. The molecule has 0 N–H and O–H groups in total. The molecule has 16 rings (SSSR count). The topological polar surface area (TPSA) is 54.3 Å². The van der Waals surface area contributed by atoms with Crippen molar-refractivity contribution in [2.45, 2.75) is 0 Å². The van der Waals surface area contributed by atoms with Crippen LogP contribution in [0.25, 0.3) is 133 Å². The van der Waals surface area contributed by atoms with Crippen molar-refractivity contribution in [2.75, 3.05) is 0 Å². The van der Waals surface area contributed by atoms with Crippen LogP contribution in [0.4, 0.5) is 0 Å². The molecule has 0 radical (unpaired) electrons. The van der Waals surface area contributed by atoms with E-state index in [9.17, 15) is 0 Å². The van der Waals surface area contributed by atoms with Crippen LogP contribution >= 0.6 is 0 Å². The standard InChI is InChI=1S/C62H38N8/c1-2-16-39(17-3-1)68-61-63-49-22-8-14-28-57(49)69(61)59-35-32-42(38-60(59)70-58-29-15-9-23-50(58)64-62(68)70)67-55-33-30-40(65-51-24-10-4-18-43(51)44-19-5-11-25-52(44)65)36-47(55)48-37-41(31-34-56(48)67)66-53-26-12-6-20-45(53)46-21-7-13-27-54(46)66/h1-38H. The summed E-state index contributed by atoms with van der Waals surface area (Å²) in [5, 5.41) is 7.30. The van der Waals surface area contributed by atoms with Gasteiger partial charge in [0, 0.05) is 49.4 Å². The smallest absolute Gasteiger partial charge is 0.223 e. The summed E-state index contributed by atoms with van der Waals surface area (Å²) in [5.41, 5.74) is 17.1. The maximum Gasteiger partial charge on any atom is 0.223 e. The Balaban J connectivity index is 1.04. The highest BCUT2D eigenvalue weighted by Crippen LogP contribution is 2.40. The van der Waals surface area contributed by atoms with Gasteiger partial charge in [-0.05, 0) is 115 Å². The van der Waals surface area contributed by atoms with E-state index in [-0.39, 0.29) is 0 Å². The van der Waals surface area contributed by atoms with E-state index in [1.165, 1.54) is 54.4 Å². The molecule has 10 aromatic carbocycles. The monoisotopic (exact) mass is 894 g/mol. The first-order valence-electron chi connectivity index (χ1n) is 23.8. The Morgan fingerprint density at radius 3 is 1.01 bits per heavy atom. The Bertz CT molecular complexity index is 4620. The zero-order chi connectivity index (χ0) is 45.6. The predicted octanol–water partition coefficient (Wildman–Crippen LogP) is 15.1. The molecule has 0 amide bonds. The zero-order valence-corrected chi connectivity index (χ0v) is 37.5. The molecule has 0 saturated carbocycles. The van der Waals surface area contributed by atoms with Crippen molar-refractivity contribution in [1.29, 1.82) is 0 Å². The second-order valence-corrected chi connectivity index (χ2v) is 18.3. The molecule has 0 bridgehead atoms. The van der Waals surface area contributed by atoms with Gasteiger partial charge in [0.15, 0.2) is 0 Å². The summed E-state index contributed by atoms with van der Waals surface area (Å²) in [6.45, 7) is 0. The van der Waals surface area contributed by atoms with Crippen LogP contribution in [0.15, 0.2) is 231 Å². The zero-order valence-electron chi connectivity index (χ0n) is 37.5. The van der Waals surface area contributed by atoms with E-state index in [1.54, 1.807) is 0 Å². The van der Waals surface area contributed by atoms with Gasteiger partial charge >= 0.3 is 0 Å². The summed E-state index contributed by atoms with van der Waals surface area (Å²) in [6.07, 6.45) is 0. The van der Waals surface area contributed by atoms with Crippen molar-refractivity contribution in [1.82, 2.24) is 37.0 Å². The minimum atomic E-state index is 0.772. The predicted molar refractivity (Wildman–Crippen MR) is 288 cm³/mol. The molecule has 6 aromatic heterocycles. The number of benzene rings is 10. The normalized spacial score (nSPS) is 12.3. The second kappa shape index (κ2) is 13.9. The van der Waals surface area contributed by atoms with E-state index in [0.29, 0.717) is 0 Å². The van der Waals surface area contributed by atoms with Crippen molar-refractivity contribution in [3.05, 3.63) is 231 Å². The molecular weight excluding hydrogens is 857 g/mol. The summed E-state index contributed by atoms with van der Waals surface area (Å²) in [4.78, 5) is 10.8. The van der Waals surface area contributed by atoms with Gasteiger partial charge in [-0.25, -0.2) is 14.5 Å². The fourth-order valence-corrected chi connectivity index (χ4v) is 11.7. The molecule has 0 aliphatic heterocycles. The average Bonchev–Trinajstić information content (AvgIpc) is 4.22. The Kier molecular flexibility index (Phi) is 7.46. The van der Waals surface area contributed by atoms with E-state index in [1.807, 2.05) is 0 Å². The van der Waals surface area contributed by atoms with Crippen LogP contribution in [0.3, 0.4) is 0 Å². The third kappa shape index (κ3) is 5.03. The van der Waals surface area contributed by atoms with Crippen LogP contribution < -0.4 is 0 Å². The van der Waals surface area contributed by atoms with Crippen molar-refractivity contribution >= 4 is 110 Å². The van der Waals surface area contributed by atoms with Crippen LogP contribution in [0.1, 0.15) is 0 Å². The first kappa shape index (κ1) is 37.4. The second-order valence-electron chi connectivity index (χ2n) is 18.3. The molecule has 0 saturated heterocycles. The van der Waals surface area contributed by atoms with Gasteiger partial charge in [-0.2, -0.15) is 0 Å². The van der Waals surface area contributed by atoms with Crippen LogP contribution in [0, 0.1) is 0 Å².